The van der Waals surface area contributed by atoms with E-state index in [1.165, 1.54) is 11.1 Å². The van der Waals surface area contributed by atoms with Gasteiger partial charge >= 0.3 is 0 Å². The minimum Gasteiger partial charge on any atom is -0.303 e. The Labute approximate surface area is 111 Å². The Balaban J connectivity index is 2.76. The van der Waals surface area contributed by atoms with Gasteiger partial charge in [0.05, 0.1) is 0 Å². The van der Waals surface area contributed by atoms with Gasteiger partial charge in [-0.25, -0.2) is 0 Å². The first-order valence-electron chi connectivity index (χ1n) is 6.83. The standard InChI is InChI=1S/C16H25NO/c1-6-17(7-2)11-14(5)16(18)15-9-8-12(3)13(4)10-15/h8-10,14H,6-7,11H2,1-5H3. The molecule has 100 valence electrons. The lowest BCUT2D eigenvalue weighted by atomic mass is 9.96. The molecule has 0 saturated heterocycles. The number of rotatable bonds is 6. The monoisotopic (exact) mass is 247 g/mol. The maximum Gasteiger partial charge on any atom is 0.166 e. The molecule has 1 unspecified atom stereocenters. The van der Waals surface area contributed by atoms with Crippen molar-refractivity contribution in [3.05, 3.63) is 34.9 Å². The molecule has 0 aliphatic carbocycles. The van der Waals surface area contributed by atoms with E-state index in [-0.39, 0.29) is 11.7 Å². The molecular weight excluding hydrogens is 222 g/mol. The number of carbonyl (C=O) groups excluding carboxylic acids is 1. The van der Waals surface area contributed by atoms with Crippen LogP contribution in [0, 0.1) is 19.8 Å². The van der Waals surface area contributed by atoms with E-state index in [1.807, 2.05) is 25.1 Å². The fraction of sp³-hybridized carbons (Fsp3) is 0.562. The fourth-order valence-corrected chi connectivity index (χ4v) is 2.13. The molecule has 1 rings (SSSR count). The van der Waals surface area contributed by atoms with E-state index in [4.69, 9.17) is 0 Å². The lowest BCUT2D eigenvalue weighted by Gasteiger charge is -2.22. The van der Waals surface area contributed by atoms with Gasteiger partial charge in [0, 0.05) is 18.0 Å². The predicted octanol–water partition coefficient (Wildman–Crippen LogP) is 3.46. The molecule has 0 heterocycles. The Kier molecular flexibility index (Phi) is 5.54. The molecule has 0 aliphatic heterocycles. The summed E-state index contributed by atoms with van der Waals surface area (Å²) >= 11 is 0. The zero-order valence-corrected chi connectivity index (χ0v) is 12.3. The van der Waals surface area contributed by atoms with Crippen molar-refractivity contribution in [3.8, 4) is 0 Å². The van der Waals surface area contributed by atoms with Gasteiger partial charge in [0.1, 0.15) is 0 Å². The second-order valence-corrected chi connectivity index (χ2v) is 5.05. The highest BCUT2D eigenvalue weighted by Crippen LogP contribution is 2.14. The van der Waals surface area contributed by atoms with Crippen LogP contribution in [0.2, 0.25) is 0 Å². The molecule has 0 amide bonds. The van der Waals surface area contributed by atoms with E-state index in [0.29, 0.717) is 0 Å². The minimum atomic E-state index is 0.0620. The Morgan fingerprint density at radius 1 is 1.17 bits per heavy atom. The number of benzene rings is 1. The highest BCUT2D eigenvalue weighted by atomic mass is 16.1. The van der Waals surface area contributed by atoms with E-state index in [0.717, 1.165) is 25.2 Å². The molecule has 0 saturated carbocycles. The largest absolute Gasteiger partial charge is 0.303 e. The number of nitrogens with zero attached hydrogens (tertiary/aromatic N) is 1. The zero-order valence-electron chi connectivity index (χ0n) is 12.3. The number of Topliss-reactive ketones (excluding diaryl/α,β-unsaturated/α-hetero) is 1. The third-order valence-corrected chi connectivity index (χ3v) is 3.67. The van der Waals surface area contributed by atoms with Crippen molar-refractivity contribution in [1.82, 2.24) is 4.90 Å². The first-order chi connectivity index (χ1) is 8.49. The van der Waals surface area contributed by atoms with Crippen LogP contribution in [0.5, 0.6) is 0 Å². The van der Waals surface area contributed by atoms with Gasteiger partial charge in [0.2, 0.25) is 0 Å². The summed E-state index contributed by atoms with van der Waals surface area (Å²) in [5.74, 6) is 0.317. The Hall–Kier alpha value is -1.15. The third-order valence-electron chi connectivity index (χ3n) is 3.67. The van der Waals surface area contributed by atoms with Crippen molar-refractivity contribution in [3.63, 3.8) is 0 Å². The maximum atomic E-state index is 12.3. The van der Waals surface area contributed by atoms with Gasteiger partial charge in [0.25, 0.3) is 0 Å². The van der Waals surface area contributed by atoms with Crippen LogP contribution in [0.25, 0.3) is 0 Å². The summed E-state index contributed by atoms with van der Waals surface area (Å²) in [6.07, 6.45) is 0. The summed E-state index contributed by atoms with van der Waals surface area (Å²) in [7, 11) is 0. The van der Waals surface area contributed by atoms with E-state index in [1.54, 1.807) is 0 Å². The van der Waals surface area contributed by atoms with Crippen LogP contribution in [-0.4, -0.2) is 30.3 Å². The van der Waals surface area contributed by atoms with Gasteiger partial charge in [-0.2, -0.15) is 0 Å². The average molecular weight is 247 g/mol. The molecule has 0 aromatic heterocycles. The zero-order chi connectivity index (χ0) is 13.7. The number of aryl methyl sites for hydroxylation is 2. The quantitative estimate of drug-likeness (QED) is 0.717. The molecule has 0 N–H and O–H groups in total. The smallest absolute Gasteiger partial charge is 0.166 e. The second-order valence-electron chi connectivity index (χ2n) is 5.05. The lowest BCUT2D eigenvalue weighted by molar-refractivity contribution is 0.0898. The number of hydrogen-bond donors (Lipinski definition) is 0. The summed E-state index contributed by atoms with van der Waals surface area (Å²) in [6, 6.07) is 5.99. The molecule has 2 nitrogen and oxygen atoms in total. The second kappa shape index (κ2) is 6.69. The molecule has 1 aromatic rings. The van der Waals surface area contributed by atoms with Crippen LogP contribution < -0.4 is 0 Å². The van der Waals surface area contributed by atoms with Crippen LogP contribution >= 0.6 is 0 Å². The van der Waals surface area contributed by atoms with Gasteiger partial charge in [0.15, 0.2) is 5.78 Å². The molecule has 2 heteroatoms. The molecule has 0 spiro atoms. The third kappa shape index (κ3) is 3.67. The van der Waals surface area contributed by atoms with E-state index >= 15 is 0 Å². The summed E-state index contributed by atoms with van der Waals surface area (Å²) in [6.45, 7) is 13.3. The van der Waals surface area contributed by atoms with Crippen molar-refractivity contribution >= 4 is 5.78 Å². The van der Waals surface area contributed by atoms with E-state index in [2.05, 4.69) is 32.6 Å². The Bertz CT molecular complexity index is 408. The van der Waals surface area contributed by atoms with E-state index < -0.39 is 0 Å². The van der Waals surface area contributed by atoms with Crippen molar-refractivity contribution in [2.75, 3.05) is 19.6 Å². The molecular formula is C16H25NO. The highest BCUT2D eigenvalue weighted by molar-refractivity contribution is 5.98. The van der Waals surface area contributed by atoms with Crippen molar-refractivity contribution in [2.45, 2.75) is 34.6 Å². The Morgan fingerprint density at radius 3 is 2.28 bits per heavy atom. The molecule has 0 fully saturated rings. The summed E-state index contributed by atoms with van der Waals surface area (Å²) in [5, 5.41) is 0. The maximum absolute atomic E-state index is 12.3. The van der Waals surface area contributed by atoms with Crippen LogP contribution in [0.1, 0.15) is 42.3 Å². The molecule has 1 atom stereocenters. The number of carbonyl (C=O) groups is 1. The first-order valence-corrected chi connectivity index (χ1v) is 6.83. The van der Waals surface area contributed by atoms with Crippen molar-refractivity contribution < 1.29 is 4.79 Å². The summed E-state index contributed by atoms with van der Waals surface area (Å²) < 4.78 is 0. The molecule has 0 radical (unpaired) electrons. The van der Waals surface area contributed by atoms with Crippen LogP contribution in [0.15, 0.2) is 18.2 Å². The van der Waals surface area contributed by atoms with Crippen molar-refractivity contribution in [2.24, 2.45) is 5.92 Å². The fourth-order valence-electron chi connectivity index (χ4n) is 2.13. The summed E-state index contributed by atoms with van der Waals surface area (Å²) in [4.78, 5) is 14.6. The van der Waals surface area contributed by atoms with Crippen LogP contribution in [0.3, 0.4) is 0 Å². The number of ketones is 1. The topological polar surface area (TPSA) is 20.3 Å². The predicted molar refractivity (Wildman–Crippen MR) is 77.2 cm³/mol. The molecule has 18 heavy (non-hydrogen) atoms. The SMILES string of the molecule is CCN(CC)CC(C)C(=O)c1ccc(C)c(C)c1. The molecule has 0 bridgehead atoms. The van der Waals surface area contributed by atoms with Gasteiger partial charge in [-0.1, -0.05) is 32.9 Å². The van der Waals surface area contributed by atoms with Gasteiger partial charge in [-0.3, -0.25) is 4.79 Å². The first kappa shape index (κ1) is 14.9. The Morgan fingerprint density at radius 2 is 1.78 bits per heavy atom. The van der Waals surface area contributed by atoms with Gasteiger partial charge in [-0.05, 0) is 44.1 Å². The van der Waals surface area contributed by atoms with Crippen molar-refractivity contribution in [1.29, 1.82) is 0 Å². The lowest BCUT2D eigenvalue weighted by Crippen LogP contribution is -2.31. The number of hydrogen-bond acceptors (Lipinski definition) is 2. The molecule has 0 aliphatic rings. The van der Waals surface area contributed by atoms with Crippen LogP contribution in [-0.2, 0) is 0 Å². The van der Waals surface area contributed by atoms with Crippen LogP contribution in [0.4, 0.5) is 0 Å². The minimum absolute atomic E-state index is 0.0620. The molecule has 1 aromatic carbocycles. The average Bonchev–Trinajstić information content (AvgIpc) is 2.38. The normalized spacial score (nSPS) is 12.8. The van der Waals surface area contributed by atoms with Gasteiger partial charge in [-0.15, -0.1) is 0 Å². The van der Waals surface area contributed by atoms with Gasteiger partial charge < -0.3 is 4.90 Å². The highest BCUT2D eigenvalue weighted by Gasteiger charge is 2.17. The summed E-state index contributed by atoms with van der Waals surface area (Å²) in [5.41, 5.74) is 3.27. The van der Waals surface area contributed by atoms with E-state index in [9.17, 15) is 4.79 Å².